The number of aliphatic carboxylic acids is 1. The summed E-state index contributed by atoms with van der Waals surface area (Å²) >= 11 is 0. The molecule has 0 spiro atoms. The van der Waals surface area contributed by atoms with Crippen LogP contribution in [0.5, 0.6) is 0 Å². The number of carboxylic acid groups (broad SMARTS) is 1. The van der Waals surface area contributed by atoms with Crippen molar-refractivity contribution in [2.45, 2.75) is 19.4 Å². The zero-order valence-corrected chi connectivity index (χ0v) is 10.1. The van der Waals surface area contributed by atoms with Crippen molar-refractivity contribution in [2.75, 3.05) is 12.3 Å². The first-order valence-electron chi connectivity index (χ1n) is 5.14. The Kier molecular flexibility index (Phi) is 5.11. The number of hydrogen-bond acceptors (Lipinski definition) is 4. The van der Waals surface area contributed by atoms with Crippen LogP contribution in [0.15, 0.2) is 18.7 Å². The molecule has 0 unspecified atom stereocenters. The molecule has 1 rings (SSSR count). The number of sulfonamides is 1. The fourth-order valence-corrected chi connectivity index (χ4v) is 2.31. The first kappa shape index (κ1) is 13.7. The van der Waals surface area contributed by atoms with E-state index in [1.54, 1.807) is 23.3 Å². The predicted molar refractivity (Wildman–Crippen MR) is 60.9 cm³/mol. The maximum atomic E-state index is 11.4. The van der Waals surface area contributed by atoms with Gasteiger partial charge in [0.05, 0.1) is 12.1 Å². The number of aromatic nitrogens is 2. The fraction of sp³-hybridized carbons (Fsp3) is 0.556. The van der Waals surface area contributed by atoms with Crippen LogP contribution in [0.4, 0.5) is 0 Å². The molecule has 0 atom stereocenters. The lowest BCUT2D eigenvalue weighted by Gasteiger charge is -2.06. The van der Waals surface area contributed by atoms with Crippen molar-refractivity contribution in [2.24, 2.45) is 0 Å². The molecule has 0 fully saturated rings. The van der Waals surface area contributed by atoms with Crippen LogP contribution in [-0.2, 0) is 21.4 Å². The van der Waals surface area contributed by atoms with Gasteiger partial charge in [-0.2, -0.15) is 0 Å². The molecule has 0 aromatic carbocycles. The maximum Gasteiger partial charge on any atom is 0.303 e. The second kappa shape index (κ2) is 6.36. The highest BCUT2D eigenvalue weighted by atomic mass is 32.2. The van der Waals surface area contributed by atoms with Gasteiger partial charge in [0.2, 0.25) is 10.0 Å². The Morgan fingerprint density at radius 3 is 2.82 bits per heavy atom. The number of carboxylic acids is 1. The van der Waals surface area contributed by atoms with E-state index in [4.69, 9.17) is 5.11 Å². The van der Waals surface area contributed by atoms with E-state index in [1.807, 2.05) is 0 Å². The second-order valence-electron chi connectivity index (χ2n) is 3.51. The highest BCUT2D eigenvalue weighted by molar-refractivity contribution is 7.89. The van der Waals surface area contributed by atoms with Gasteiger partial charge >= 0.3 is 5.97 Å². The normalized spacial score (nSPS) is 11.5. The van der Waals surface area contributed by atoms with E-state index < -0.39 is 16.0 Å². The van der Waals surface area contributed by atoms with Crippen LogP contribution < -0.4 is 4.72 Å². The number of nitrogens with one attached hydrogen (secondary N) is 1. The highest BCUT2D eigenvalue weighted by Gasteiger charge is 2.10. The van der Waals surface area contributed by atoms with E-state index in [2.05, 4.69) is 9.71 Å². The standard InChI is InChI=1S/C9H15N3O4S/c13-9(14)2-1-7-17(15,16)11-4-6-12-5-3-10-8-12/h3,5,8,11H,1-2,4,6-7H2,(H,13,14). The average Bonchev–Trinajstić information content (AvgIpc) is 2.69. The molecule has 2 N–H and O–H groups in total. The molecule has 96 valence electrons. The zero-order chi connectivity index (χ0) is 12.7. The van der Waals surface area contributed by atoms with Crippen LogP contribution in [0.1, 0.15) is 12.8 Å². The molecule has 0 amide bonds. The van der Waals surface area contributed by atoms with Crippen LogP contribution >= 0.6 is 0 Å². The number of nitrogens with zero attached hydrogens (tertiary/aromatic N) is 2. The minimum absolute atomic E-state index is 0.121. The van der Waals surface area contributed by atoms with Crippen LogP contribution in [0.2, 0.25) is 0 Å². The SMILES string of the molecule is O=C(O)CCCS(=O)(=O)NCCn1ccnc1. The minimum atomic E-state index is -3.38. The Morgan fingerprint density at radius 1 is 1.47 bits per heavy atom. The summed E-state index contributed by atoms with van der Waals surface area (Å²) in [5.41, 5.74) is 0. The Bertz CT molecular complexity index is 441. The maximum absolute atomic E-state index is 11.4. The zero-order valence-electron chi connectivity index (χ0n) is 9.24. The number of imidazole rings is 1. The summed E-state index contributed by atoms with van der Waals surface area (Å²) < 4.78 is 27.0. The minimum Gasteiger partial charge on any atom is -0.481 e. The van der Waals surface area contributed by atoms with Crippen molar-refractivity contribution < 1.29 is 18.3 Å². The van der Waals surface area contributed by atoms with Crippen molar-refractivity contribution in [3.8, 4) is 0 Å². The molecule has 8 heteroatoms. The lowest BCUT2D eigenvalue weighted by Crippen LogP contribution is -2.29. The summed E-state index contributed by atoms with van der Waals surface area (Å²) in [6.45, 7) is 0.768. The van der Waals surface area contributed by atoms with Crippen molar-refractivity contribution in [3.05, 3.63) is 18.7 Å². The van der Waals surface area contributed by atoms with Gasteiger partial charge in [-0.05, 0) is 6.42 Å². The first-order chi connectivity index (χ1) is 7.99. The van der Waals surface area contributed by atoms with Crippen molar-refractivity contribution in [3.63, 3.8) is 0 Å². The molecule has 17 heavy (non-hydrogen) atoms. The number of hydrogen-bond donors (Lipinski definition) is 2. The number of carbonyl (C=O) groups is 1. The Labute approximate surface area is 99.5 Å². The average molecular weight is 261 g/mol. The second-order valence-corrected chi connectivity index (χ2v) is 5.44. The quantitative estimate of drug-likeness (QED) is 0.667. The molecule has 0 saturated heterocycles. The number of rotatable bonds is 8. The molecule has 0 saturated carbocycles. The summed E-state index contributed by atoms with van der Waals surface area (Å²) in [7, 11) is -3.38. The van der Waals surface area contributed by atoms with Crippen LogP contribution in [0, 0.1) is 0 Å². The molecule has 1 aromatic rings. The van der Waals surface area contributed by atoms with Crippen LogP contribution in [-0.4, -0.2) is 41.3 Å². The van der Waals surface area contributed by atoms with Gasteiger partial charge < -0.3 is 9.67 Å². The summed E-state index contributed by atoms with van der Waals surface area (Å²) in [5, 5.41) is 8.39. The molecule has 0 bridgehead atoms. The fourth-order valence-electron chi connectivity index (χ4n) is 1.23. The molecule has 0 aliphatic rings. The summed E-state index contributed by atoms with van der Waals surface area (Å²) in [5.74, 6) is -1.15. The lowest BCUT2D eigenvalue weighted by atomic mass is 10.3. The topological polar surface area (TPSA) is 101 Å². The van der Waals surface area contributed by atoms with Crippen LogP contribution in [0.3, 0.4) is 0 Å². The molecule has 0 aliphatic carbocycles. The van der Waals surface area contributed by atoms with E-state index in [-0.39, 0.29) is 25.1 Å². The van der Waals surface area contributed by atoms with E-state index in [1.165, 1.54) is 0 Å². The van der Waals surface area contributed by atoms with Gasteiger partial charge in [-0.15, -0.1) is 0 Å². The van der Waals surface area contributed by atoms with Crippen molar-refractivity contribution >= 4 is 16.0 Å². The van der Waals surface area contributed by atoms with E-state index in [0.29, 0.717) is 6.54 Å². The summed E-state index contributed by atoms with van der Waals surface area (Å²) in [6, 6.07) is 0. The summed E-state index contributed by atoms with van der Waals surface area (Å²) in [6.07, 6.45) is 4.93. The monoisotopic (exact) mass is 261 g/mol. The third kappa shape index (κ3) is 6.03. The lowest BCUT2D eigenvalue weighted by molar-refractivity contribution is -0.137. The molecular weight excluding hydrogens is 246 g/mol. The van der Waals surface area contributed by atoms with E-state index in [9.17, 15) is 13.2 Å². The van der Waals surface area contributed by atoms with Gasteiger partial charge in [-0.25, -0.2) is 18.1 Å². The van der Waals surface area contributed by atoms with Gasteiger partial charge in [0.15, 0.2) is 0 Å². The van der Waals surface area contributed by atoms with Gasteiger partial charge in [0.25, 0.3) is 0 Å². The van der Waals surface area contributed by atoms with Crippen molar-refractivity contribution in [1.82, 2.24) is 14.3 Å². The molecule has 0 aliphatic heterocycles. The molecule has 7 nitrogen and oxygen atoms in total. The molecular formula is C9H15N3O4S. The predicted octanol–water partition coefficient (Wildman–Crippen LogP) is -0.333. The van der Waals surface area contributed by atoms with E-state index in [0.717, 1.165) is 0 Å². The smallest absolute Gasteiger partial charge is 0.303 e. The van der Waals surface area contributed by atoms with Gasteiger partial charge in [0, 0.05) is 31.9 Å². The van der Waals surface area contributed by atoms with Gasteiger partial charge in [-0.3, -0.25) is 4.79 Å². The van der Waals surface area contributed by atoms with Gasteiger partial charge in [-0.1, -0.05) is 0 Å². The molecule has 0 radical (unpaired) electrons. The van der Waals surface area contributed by atoms with Gasteiger partial charge in [0.1, 0.15) is 0 Å². The summed E-state index contributed by atoms with van der Waals surface area (Å²) in [4.78, 5) is 14.1. The Morgan fingerprint density at radius 2 is 2.24 bits per heavy atom. The Hall–Kier alpha value is -1.41. The third-order valence-electron chi connectivity index (χ3n) is 2.05. The molecule has 1 heterocycles. The van der Waals surface area contributed by atoms with Crippen LogP contribution in [0.25, 0.3) is 0 Å². The highest BCUT2D eigenvalue weighted by Crippen LogP contribution is 1.95. The van der Waals surface area contributed by atoms with Crippen molar-refractivity contribution in [1.29, 1.82) is 0 Å². The van der Waals surface area contributed by atoms with E-state index >= 15 is 0 Å². The largest absolute Gasteiger partial charge is 0.481 e. The first-order valence-corrected chi connectivity index (χ1v) is 6.80. The Balaban J connectivity index is 2.22. The third-order valence-corrected chi connectivity index (χ3v) is 3.52. The molecule has 1 aromatic heterocycles.